The van der Waals surface area contributed by atoms with Gasteiger partial charge in [-0.15, -0.1) is 0 Å². The van der Waals surface area contributed by atoms with Crippen LogP contribution in [0, 0.1) is 11.8 Å². The highest BCUT2D eigenvalue weighted by Crippen LogP contribution is 2.35. The summed E-state index contributed by atoms with van der Waals surface area (Å²) in [4.78, 5) is 25.4. The Labute approximate surface area is 144 Å². The summed E-state index contributed by atoms with van der Waals surface area (Å²) in [5.41, 5.74) is 0. The van der Waals surface area contributed by atoms with E-state index in [4.69, 9.17) is 0 Å². The van der Waals surface area contributed by atoms with Crippen LogP contribution in [-0.4, -0.2) is 57.8 Å². The van der Waals surface area contributed by atoms with Crippen molar-refractivity contribution in [2.24, 2.45) is 11.8 Å². The molecule has 138 valence electrons. The lowest BCUT2D eigenvalue weighted by molar-refractivity contribution is -0.187. The molecule has 0 aromatic rings. The fraction of sp³-hybridized carbons (Fsp3) is 0.889. The molecule has 0 heterocycles. The van der Waals surface area contributed by atoms with Crippen molar-refractivity contribution < 1.29 is 19.9 Å². The summed E-state index contributed by atoms with van der Waals surface area (Å²) in [6, 6.07) is -1.07. The summed E-state index contributed by atoms with van der Waals surface area (Å²) in [5, 5.41) is 21.7. The summed E-state index contributed by atoms with van der Waals surface area (Å²) < 4.78 is 0. The smallest absolute Gasteiger partial charge is 0.263 e. The van der Waals surface area contributed by atoms with Gasteiger partial charge in [0, 0.05) is 6.42 Å². The van der Waals surface area contributed by atoms with Gasteiger partial charge in [-0.2, -0.15) is 0 Å². The minimum absolute atomic E-state index is 0.106. The molecule has 2 fully saturated rings. The Morgan fingerprint density at radius 1 is 1.12 bits per heavy atom. The molecule has 0 aromatic heterocycles. The molecule has 0 saturated heterocycles. The van der Waals surface area contributed by atoms with Crippen LogP contribution in [0.15, 0.2) is 0 Å². The SMILES string of the molecule is C[C@H](CC=O)N(O)C(=O)[C@H](C1CCCC1)N(C)C(O)C1CCCC1. The van der Waals surface area contributed by atoms with Crippen LogP contribution in [-0.2, 0) is 9.59 Å². The number of hydrogen-bond donors (Lipinski definition) is 2. The summed E-state index contributed by atoms with van der Waals surface area (Å²) >= 11 is 0. The van der Waals surface area contributed by atoms with E-state index in [9.17, 15) is 19.9 Å². The molecule has 2 saturated carbocycles. The minimum Gasteiger partial charge on any atom is -0.378 e. The van der Waals surface area contributed by atoms with Crippen molar-refractivity contribution in [1.29, 1.82) is 0 Å². The molecule has 0 aromatic carbocycles. The second-order valence-electron chi connectivity index (χ2n) is 7.55. The zero-order chi connectivity index (χ0) is 17.7. The van der Waals surface area contributed by atoms with Gasteiger partial charge < -0.3 is 9.90 Å². The predicted octanol–water partition coefficient (Wildman–Crippen LogP) is 2.18. The van der Waals surface area contributed by atoms with E-state index in [0.29, 0.717) is 11.3 Å². The maximum atomic E-state index is 12.9. The van der Waals surface area contributed by atoms with Crippen LogP contribution in [0.3, 0.4) is 0 Å². The first kappa shape index (κ1) is 19.3. The molecule has 2 aliphatic carbocycles. The summed E-state index contributed by atoms with van der Waals surface area (Å²) in [6.07, 6.45) is 8.42. The number of nitrogens with zero attached hydrogens (tertiary/aromatic N) is 2. The van der Waals surface area contributed by atoms with Crippen molar-refractivity contribution in [2.75, 3.05) is 7.05 Å². The number of hydrogen-bond acceptors (Lipinski definition) is 5. The number of aliphatic hydroxyl groups excluding tert-OH is 1. The third-order valence-corrected chi connectivity index (χ3v) is 5.86. The highest BCUT2D eigenvalue weighted by atomic mass is 16.5. The lowest BCUT2D eigenvalue weighted by Gasteiger charge is -2.39. The zero-order valence-corrected chi connectivity index (χ0v) is 14.9. The number of carbonyl (C=O) groups excluding carboxylic acids is 2. The zero-order valence-electron chi connectivity index (χ0n) is 14.9. The molecule has 24 heavy (non-hydrogen) atoms. The van der Waals surface area contributed by atoms with Crippen molar-refractivity contribution in [2.45, 2.75) is 83.0 Å². The van der Waals surface area contributed by atoms with Gasteiger partial charge in [-0.25, -0.2) is 5.06 Å². The van der Waals surface area contributed by atoms with E-state index in [1.54, 1.807) is 18.9 Å². The molecular weight excluding hydrogens is 308 g/mol. The van der Waals surface area contributed by atoms with Gasteiger partial charge in [-0.3, -0.25) is 14.9 Å². The van der Waals surface area contributed by atoms with Crippen molar-refractivity contribution in [3.63, 3.8) is 0 Å². The van der Waals surface area contributed by atoms with E-state index in [2.05, 4.69) is 0 Å². The molecule has 0 aliphatic heterocycles. The fourth-order valence-corrected chi connectivity index (χ4v) is 4.33. The van der Waals surface area contributed by atoms with Crippen LogP contribution in [0.25, 0.3) is 0 Å². The monoisotopic (exact) mass is 340 g/mol. The summed E-state index contributed by atoms with van der Waals surface area (Å²) in [5.74, 6) is -0.0429. The quantitative estimate of drug-likeness (QED) is 0.306. The Kier molecular flexibility index (Phi) is 7.19. The predicted molar refractivity (Wildman–Crippen MR) is 90.2 cm³/mol. The highest BCUT2D eigenvalue weighted by molar-refractivity contribution is 5.81. The van der Waals surface area contributed by atoms with Gasteiger partial charge in [-0.05, 0) is 51.5 Å². The summed E-state index contributed by atoms with van der Waals surface area (Å²) in [6.45, 7) is 1.66. The van der Waals surface area contributed by atoms with Crippen LogP contribution in [0.4, 0.5) is 0 Å². The maximum Gasteiger partial charge on any atom is 0.263 e. The van der Waals surface area contributed by atoms with Crippen LogP contribution < -0.4 is 0 Å². The second kappa shape index (κ2) is 8.92. The van der Waals surface area contributed by atoms with Crippen LogP contribution in [0.5, 0.6) is 0 Å². The van der Waals surface area contributed by atoms with Gasteiger partial charge in [0.2, 0.25) is 0 Å². The van der Waals surface area contributed by atoms with E-state index in [1.807, 2.05) is 0 Å². The molecule has 0 bridgehead atoms. The Morgan fingerprint density at radius 3 is 2.12 bits per heavy atom. The summed E-state index contributed by atoms with van der Waals surface area (Å²) in [7, 11) is 1.79. The normalized spacial score (nSPS) is 23.4. The topological polar surface area (TPSA) is 81.1 Å². The van der Waals surface area contributed by atoms with E-state index in [0.717, 1.165) is 51.4 Å². The molecule has 2 aliphatic rings. The fourth-order valence-electron chi connectivity index (χ4n) is 4.33. The molecule has 2 N–H and O–H groups in total. The lowest BCUT2D eigenvalue weighted by atomic mass is 9.93. The molecular formula is C18H32N2O4. The average molecular weight is 340 g/mol. The molecule has 1 amide bonds. The second-order valence-corrected chi connectivity index (χ2v) is 7.55. The highest BCUT2D eigenvalue weighted by Gasteiger charge is 2.41. The number of carbonyl (C=O) groups is 2. The van der Waals surface area contributed by atoms with Crippen LogP contribution in [0.2, 0.25) is 0 Å². The van der Waals surface area contributed by atoms with E-state index >= 15 is 0 Å². The van der Waals surface area contributed by atoms with Crippen LogP contribution in [0.1, 0.15) is 64.7 Å². The Bertz CT molecular complexity index is 419. The average Bonchev–Trinajstić information content (AvgIpc) is 3.27. The number of amides is 1. The van der Waals surface area contributed by atoms with Crippen molar-refractivity contribution in [1.82, 2.24) is 9.96 Å². The molecule has 3 atom stereocenters. The van der Waals surface area contributed by atoms with Crippen LogP contribution >= 0.6 is 0 Å². The standard InChI is InChI=1S/C18H32N2O4/c1-13(11-12-21)20(24)18(23)16(14-7-3-4-8-14)19(2)17(22)15-9-5-6-10-15/h12-17,22,24H,3-11H2,1-2H3/t13-,16+,17?/m1/s1. The third kappa shape index (κ3) is 4.35. The molecule has 0 spiro atoms. The molecule has 0 radical (unpaired) electrons. The Balaban J connectivity index is 2.13. The number of rotatable bonds is 8. The van der Waals surface area contributed by atoms with Crippen molar-refractivity contribution >= 4 is 12.2 Å². The van der Waals surface area contributed by atoms with E-state index < -0.39 is 24.2 Å². The van der Waals surface area contributed by atoms with Gasteiger partial charge >= 0.3 is 0 Å². The van der Waals surface area contributed by atoms with Gasteiger partial charge in [0.1, 0.15) is 12.5 Å². The third-order valence-electron chi connectivity index (χ3n) is 5.86. The van der Waals surface area contributed by atoms with Gasteiger partial charge in [0.25, 0.3) is 5.91 Å². The number of aldehydes is 1. The number of likely N-dealkylation sites (N-methyl/N-ethyl adjacent to an activating group) is 1. The van der Waals surface area contributed by atoms with Gasteiger partial charge in [0.05, 0.1) is 12.1 Å². The van der Waals surface area contributed by atoms with E-state index in [-0.39, 0.29) is 18.3 Å². The first-order valence-corrected chi connectivity index (χ1v) is 9.33. The Hall–Kier alpha value is -0.980. The van der Waals surface area contributed by atoms with Gasteiger partial charge in [0.15, 0.2) is 0 Å². The maximum absolute atomic E-state index is 12.9. The number of aliphatic hydroxyl groups is 1. The lowest BCUT2D eigenvalue weighted by Crippen LogP contribution is -2.56. The van der Waals surface area contributed by atoms with Crippen molar-refractivity contribution in [3.05, 3.63) is 0 Å². The first-order chi connectivity index (χ1) is 11.5. The largest absolute Gasteiger partial charge is 0.378 e. The van der Waals surface area contributed by atoms with Crippen molar-refractivity contribution in [3.8, 4) is 0 Å². The molecule has 1 unspecified atom stereocenters. The van der Waals surface area contributed by atoms with E-state index in [1.165, 1.54) is 0 Å². The Morgan fingerprint density at radius 2 is 1.62 bits per heavy atom. The number of hydroxylamine groups is 2. The van der Waals surface area contributed by atoms with Gasteiger partial charge in [-0.1, -0.05) is 25.7 Å². The molecule has 2 rings (SSSR count). The molecule has 6 nitrogen and oxygen atoms in total. The molecule has 6 heteroatoms. The first-order valence-electron chi connectivity index (χ1n) is 9.33. The minimum atomic E-state index is -0.656.